The lowest BCUT2D eigenvalue weighted by atomic mass is 10.1. The minimum Gasteiger partial charge on any atom is -0.460 e. The van der Waals surface area contributed by atoms with Crippen LogP contribution in [0.5, 0.6) is 0 Å². The molecule has 0 saturated heterocycles. The van der Waals surface area contributed by atoms with Crippen LogP contribution in [-0.2, 0) is 19.1 Å². The predicted molar refractivity (Wildman–Crippen MR) is 114 cm³/mol. The second-order valence-corrected chi connectivity index (χ2v) is 9.86. The third kappa shape index (κ3) is 11.9. The maximum atomic E-state index is 12.0. The average Bonchev–Trinajstić information content (AvgIpc) is 3.21. The summed E-state index contributed by atoms with van der Waals surface area (Å²) in [7, 11) is 0. The highest BCUT2D eigenvalue weighted by Crippen LogP contribution is 2.53. The Hall–Kier alpha value is -0.770. The van der Waals surface area contributed by atoms with Crippen molar-refractivity contribution in [1.82, 2.24) is 0 Å². The Morgan fingerprint density at radius 3 is 2.00 bits per heavy atom. The van der Waals surface area contributed by atoms with Crippen LogP contribution >= 0.6 is 11.6 Å². The molecule has 5 heteroatoms. The highest BCUT2D eigenvalue weighted by molar-refractivity contribution is 6.25. The Bertz CT molecular complexity index is 472. The van der Waals surface area contributed by atoms with Crippen LogP contribution in [0.4, 0.5) is 0 Å². The summed E-state index contributed by atoms with van der Waals surface area (Å²) in [5.41, 5.74) is -0.461. The molecule has 1 aliphatic carbocycles. The van der Waals surface area contributed by atoms with Crippen molar-refractivity contribution in [3.8, 4) is 0 Å². The molecule has 0 aliphatic heterocycles. The first-order chi connectivity index (χ1) is 13.2. The highest BCUT2D eigenvalue weighted by Gasteiger charge is 2.56. The molecule has 0 bridgehead atoms. The van der Waals surface area contributed by atoms with Gasteiger partial charge in [0, 0.05) is 25.2 Å². The number of hydrogen-bond acceptors (Lipinski definition) is 4. The van der Waals surface area contributed by atoms with E-state index in [9.17, 15) is 9.59 Å². The fourth-order valence-corrected chi connectivity index (χ4v) is 3.80. The first kappa shape index (κ1) is 25.3. The van der Waals surface area contributed by atoms with E-state index in [1.54, 1.807) is 0 Å². The lowest BCUT2D eigenvalue weighted by molar-refractivity contribution is -0.155. The Balaban J connectivity index is 2.02. The van der Waals surface area contributed by atoms with Gasteiger partial charge in [-0.3, -0.25) is 9.59 Å². The Kier molecular flexibility index (Phi) is 11.5. The quantitative estimate of drug-likeness (QED) is 0.165. The second kappa shape index (κ2) is 12.7. The van der Waals surface area contributed by atoms with Crippen molar-refractivity contribution in [2.24, 2.45) is 5.92 Å². The number of carbonyl (C=O) groups excluding carboxylic acids is 2. The van der Waals surface area contributed by atoms with E-state index in [1.165, 1.54) is 51.4 Å². The molecular formula is C23H41ClO4. The predicted octanol–water partition coefficient (Wildman–Crippen LogP) is 6.92. The van der Waals surface area contributed by atoms with E-state index in [1.807, 2.05) is 20.8 Å². The van der Waals surface area contributed by atoms with Crippen LogP contribution in [0.2, 0.25) is 0 Å². The Labute approximate surface area is 177 Å². The van der Waals surface area contributed by atoms with Gasteiger partial charge in [-0.1, -0.05) is 69.9 Å². The van der Waals surface area contributed by atoms with Crippen LogP contribution < -0.4 is 0 Å². The molecule has 0 spiro atoms. The van der Waals surface area contributed by atoms with Crippen molar-refractivity contribution in [3.63, 3.8) is 0 Å². The molecule has 0 amide bonds. The van der Waals surface area contributed by atoms with Gasteiger partial charge in [-0.05, 0) is 40.0 Å². The molecule has 0 aromatic rings. The number of rotatable bonds is 15. The standard InChI is InChI=1S/C23H41ClO4/c1-5-6-7-8-9-10-11-12-15-19-18-23(19,24)28-21(26)17-14-13-16-20(25)27-22(2,3)4/h19H,5-18H2,1-4H3. The van der Waals surface area contributed by atoms with E-state index in [2.05, 4.69) is 6.92 Å². The van der Waals surface area contributed by atoms with E-state index in [-0.39, 0.29) is 11.9 Å². The molecule has 0 aromatic heterocycles. The first-order valence-electron chi connectivity index (χ1n) is 11.3. The number of esters is 2. The van der Waals surface area contributed by atoms with Gasteiger partial charge in [0.2, 0.25) is 0 Å². The summed E-state index contributed by atoms with van der Waals surface area (Å²) in [4.78, 5) is 23.6. The van der Waals surface area contributed by atoms with Crippen LogP contribution in [0.15, 0.2) is 0 Å². The van der Waals surface area contributed by atoms with Crippen molar-refractivity contribution in [2.45, 2.75) is 128 Å². The van der Waals surface area contributed by atoms with Crippen LogP contribution in [0, 0.1) is 5.92 Å². The van der Waals surface area contributed by atoms with Crippen LogP contribution in [0.25, 0.3) is 0 Å². The third-order valence-electron chi connectivity index (χ3n) is 5.10. The number of alkyl halides is 1. The summed E-state index contributed by atoms with van der Waals surface area (Å²) < 4.78 is 10.7. The van der Waals surface area contributed by atoms with Gasteiger partial charge in [0.15, 0.2) is 5.06 Å². The molecule has 0 radical (unpaired) electrons. The van der Waals surface area contributed by atoms with Crippen LogP contribution in [0.1, 0.15) is 118 Å². The van der Waals surface area contributed by atoms with E-state index < -0.39 is 10.7 Å². The summed E-state index contributed by atoms with van der Waals surface area (Å²) in [5, 5.41) is -0.761. The van der Waals surface area contributed by atoms with E-state index in [0.29, 0.717) is 31.6 Å². The molecule has 0 aromatic carbocycles. The van der Waals surface area contributed by atoms with E-state index in [4.69, 9.17) is 21.1 Å². The maximum Gasteiger partial charge on any atom is 0.307 e. The van der Waals surface area contributed by atoms with Gasteiger partial charge in [-0.15, -0.1) is 0 Å². The van der Waals surface area contributed by atoms with Gasteiger partial charge in [0.25, 0.3) is 0 Å². The second-order valence-electron chi connectivity index (χ2n) is 9.22. The lowest BCUT2D eigenvalue weighted by Gasteiger charge is -2.19. The number of ether oxygens (including phenoxy) is 2. The molecule has 0 heterocycles. The summed E-state index contributed by atoms with van der Waals surface area (Å²) >= 11 is 6.42. The molecule has 1 aliphatic rings. The summed E-state index contributed by atoms with van der Waals surface area (Å²) in [6.07, 6.45) is 14.1. The first-order valence-corrected chi connectivity index (χ1v) is 11.7. The van der Waals surface area contributed by atoms with Crippen molar-refractivity contribution >= 4 is 23.5 Å². The van der Waals surface area contributed by atoms with Crippen LogP contribution in [0.3, 0.4) is 0 Å². The Morgan fingerprint density at radius 2 is 1.43 bits per heavy atom. The largest absolute Gasteiger partial charge is 0.460 e. The molecule has 1 fully saturated rings. The minimum absolute atomic E-state index is 0.220. The van der Waals surface area contributed by atoms with Gasteiger partial charge in [0.1, 0.15) is 5.60 Å². The van der Waals surface area contributed by atoms with Crippen molar-refractivity contribution in [2.75, 3.05) is 0 Å². The SMILES string of the molecule is CCCCCCCCCCC1CC1(Cl)OC(=O)CCCCC(=O)OC(C)(C)C. The molecule has 0 N–H and O–H groups in total. The zero-order valence-corrected chi connectivity index (χ0v) is 19.2. The number of carbonyl (C=O) groups is 2. The number of unbranched alkanes of at least 4 members (excludes halogenated alkanes) is 8. The third-order valence-corrected chi connectivity index (χ3v) is 5.64. The smallest absolute Gasteiger partial charge is 0.307 e. The van der Waals surface area contributed by atoms with Gasteiger partial charge in [-0.2, -0.15) is 0 Å². The normalized spacial score (nSPS) is 21.4. The molecule has 2 unspecified atom stereocenters. The molecule has 1 saturated carbocycles. The van der Waals surface area contributed by atoms with Gasteiger partial charge in [-0.25, -0.2) is 0 Å². The lowest BCUT2D eigenvalue weighted by Crippen LogP contribution is -2.23. The molecule has 2 atom stereocenters. The van der Waals surface area contributed by atoms with E-state index >= 15 is 0 Å². The molecular weight excluding hydrogens is 376 g/mol. The molecule has 4 nitrogen and oxygen atoms in total. The molecule has 164 valence electrons. The summed E-state index contributed by atoms with van der Waals surface area (Å²) in [5.74, 6) is -0.167. The fraction of sp³-hybridized carbons (Fsp3) is 0.913. The zero-order chi connectivity index (χ0) is 21.0. The van der Waals surface area contributed by atoms with Crippen molar-refractivity contribution < 1.29 is 19.1 Å². The van der Waals surface area contributed by atoms with Gasteiger partial charge < -0.3 is 9.47 Å². The number of hydrogen-bond donors (Lipinski definition) is 0. The monoisotopic (exact) mass is 416 g/mol. The molecule has 28 heavy (non-hydrogen) atoms. The van der Waals surface area contributed by atoms with Crippen molar-refractivity contribution in [3.05, 3.63) is 0 Å². The topological polar surface area (TPSA) is 52.6 Å². The highest BCUT2D eigenvalue weighted by atomic mass is 35.5. The van der Waals surface area contributed by atoms with Gasteiger partial charge in [0.05, 0.1) is 0 Å². The fourth-order valence-electron chi connectivity index (χ4n) is 3.42. The van der Waals surface area contributed by atoms with E-state index in [0.717, 1.165) is 12.8 Å². The Morgan fingerprint density at radius 1 is 0.893 bits per heavy atom. The summed E-state index contributed by atoms with van der Waals surface area (Å²) in [6, 6.07) is 0. The van der Waals surface area contributed by atoms with Crippen LogP contribution in [-0.4, -0.2) is 22.6 Å². The zero-order valence-electron chi connectivity index (χ0n) is 18.5. The average molecular weight is 417 g/mol. The summed E-state index contributed by atoms with van der Waals surface area (Å²) in [6.45, 7) is 7.79. The number of halogens is 1. The maximum absolute atomic E-state index is 12.0. The molecule has 1 rings (SSSR count). The van der Waals surface area contributed by atoms with Gasteiger partial charge >= 0.3 is 11.9 Å². The minimum atomic E-state index is -0.761. The van der Waals surface area contributed by atoms with Crippen molar-refractivity contribution in [1.29, 1.82) is 0 Å².